The van der Waals surface area contributed by atoms with E-state index >= 15 is 0 Å². The molecule has 0 atom stereocenters. The van der Waals surface area contributed by atoms with Gasteiger partial charge in [-0.3, -0.25) is 9.59 Å². The molecule has 2 amide bonds. The van der Waals surface area contributed by atoms with Crippen molar-refractivity contribution in [3.8, 4) is 0 Å². The van der Waals surface area contributed by atoms with Crippen molar-refractivity contribution in [1.82, 2.24) is 5.32 Å². The summed E-state index contributed by atoms with van der Waals surface area (Å²) in [6, 6.07) is 16.4. The smallest absolute Gasteiger partial charge is 0.270 e. The summed E-state index contributed by atoms with van der Waals surface area (Å²) in [5.41, 5.74) is 1.72. The van der Waals surface area contributed by atoms with Crippen molar-refractivity contribution in [3.05, 3.63) is 65.2 Å². The van der Waals surface area contributed by atoms with Crippen LogP contribution in [0.3, 0.4) is 0 Å². The number of para-hydroxylation sites is 1. The lowest BCUT2D eigenvalue weighted by Gasteiger charge is -2.05. The Balaban J connectivity index is 1.59. The summed E-state index contributed by atoms with van der Waals surface area (Å²) < 4.78 is 0. The Morgan fingerprint density at radius 3 is 2.52 bits per heavy atom. The molecule has 0 saturated heterocycles. The molecule has 0 aliphatic carbocycles. The number of nitrogens with zero attached hydrogens (tertiary/aromatic N) is 1. The van der Waals surface area contributed by atoms with Crippen LogP contribution in [0, 0.1) is 0 Å². The van der Waals surface area contributed by atoms with Crippen LogP contribution < -0.4 is 10.6 Å². The van der Waals surface area contributed by atoms with Gasteiger partial charge in [-0.25, -0.2) is 0 Å². The van der Waals surface area contributed by atoms with Crippen LogP contribution in [0.4, 0.5) is 5.69 Å². The average molecular weight is 360 g/mol. The Morgan fingerprint density at radius 1 is 1.08 bits per heavy atom. The zero-order chi connectivity index (χ0) is 17.9. The van der Waals surface area contributed by atoms with Crippen molar-refractivity contribution in [2.75, 3.05) is 18.5 Å². The molecule has 2 N–H and O–H groups in total. The summed E-state index contributed by atoms with van der Waals surface area (Å²) in [5, 5.41) is 9.46. The Hall–Kier alpha value is -2.86. The lowest BCUT2D eigenvalue weighted by Crippen LogP contribution is -2.29. The van der Waals surface area contributed by atoms with Crippen LogP contribution >= 0.6 is 11.6 Å². The lowest BCUT2D eigenvalue weighted by atomic mass is 10.1. The fourth-order valence-corrected chi connectivity index (χ4v) is 2.05. The normalized spacial score (nSPS) is 10.4. The molecule has 2 rings (SSSR count). The van der Waals surface area contributed by atoms with Gasteiger partial charge in [0.1, 0.15) is 6.21 Å². The molecule has 130 valence electrons. The van der Waals surface area contributed by atoms with E-state index in [9.17, 15) is 9.59 Å². The molecule has 0 heterocycles. The number of hydrogen-bond donors (Lipinski definition) is 2. The minimum Gasteiger partial charge on any atom is -0.386 e. The Bertz CT molecular complexity index is 718. The number of oxime groups is 1. The zero-order valence-electron chi connectivity index (χ0n) is 13.4. The summed E-state index contributed by atoms with van der Waals surface area (Å²) >= 11 is 5.81. The van der Waals surface area contributed by atoms with Crippen molar-refractivity contribution in [3.63, 3.8) is 0 Å². The van der Waals surface area contributed by atoms with Crippen LogP contribution in [0.15, 0.2) is 59.8 Å². The first-order valence-electron chi connectivity index (χ1n) is 7.66. The number of hydrogen-bond acceptors (Lipinski definition) is 4. The first-order chi connectivity index (χ1) is 12.1. The van der Waals surface area contributed by atoms with E-state index < -0.39 is 5.91 Å². The van der Waals surface area contributed by atoms with Crippen molar-refractivity contribution < 1.29 is 14.4 Å². The van der Waals surface area contributed by atoms with Crippen LogP contribution in [0.25, 0.3) is 0 Å². The van der Waals surface area contributed by atoms with Crippen LogP contribution in [0.5, 0.6) is 0 Å². The Morgan fingerprint density at radius 2 is 1.80 bits per heavy atom. The predicted molar refractivity (Wildman–Crippen MR) is 97.7 cm³/mol. The topological polar surface area (TPSA) is 79.8 Å². The van der Waals surface area contributed by atoms with E-state index in [0.717, 1.165) is 11.8 Å². The van der Waals surface area contributed by atoms with Crippen LogP contribution in [0.1, 0.15) is 5.56 Å². The molecule has 0 radical (unpaired) electrons. The molecule has 6 nitrogen and oxygen atoms in total. The van der Waals surface area contributed by atoms with E-state index in [1.165, 1.54) is 0 Å². The van der Waals surface area contributed by atoms with Crippen LogP contribution in [0.2, 0.25) is 5.02 Å². The zero-order valence-corrected chi connectivity index (χ0v) is 14.2. The third-order valence-corrected chi connectivity index (χ3v) is 3.38. The highest BCUT2D eigenvalue weighted by Gasteiger charge is 2.02. The largest absolute Gasteiger partial charge is 0.386 e. The first kappa shape index (κ1) is 18.5. The standard InChI is InChI=1S/C18H18ClN3O3/c19-15-8-6-14(7-9-15)10-11-20-18(24)13-25-21-12-17(23)22-16-4-2-1-3-5-16/h1-9,12H,10-11,13H2,(H,20,24)(H,22,23)/b21-12-. The first-order valence-corrected chi connectivity index (χ1v) is 8.04. The van der Waals surface area contributed by atoms with Crippen LogP contribution in [-0.4, -0.2) is 31.2 Å². The number of carbonyl (C=O) groups excluding carboxylic acids is 2. The molecule has 7 heteroatoms. The van der Waals surface area contributed by atoms with Crippen LogP contribution in [-0.2, 0) is 20.8 Å². The third-order valence-electron chi connectivity index (χ3n) is 3.13. The van der Waals surface area contributed by atoms with Gasteiger partial charge in [0.25, 0.3) is 11.8 Å². The fourth-order valence-electron chi connectivity index (χ4n) is 1.93. The van der Waals surface area contributed by atoms with E-state index in [-0.39, 0.29) is 12.5 Å². The number of anilines is 1. The van der Waals surface area contributed by atoms with Gasteiger partial charge in [-0.05, 0) is 36.2 Å². The third kappa shape index (κ3) is 7.50. The van der Waals surface area contributed by atoms with E-state index in [4.69, 9.17) is 16.4 Å². The molecule has 0 saturated carbocycles. The second-order valence-electron chi connectivity index (χ2n) is 5.09. The quantitative estimate of drug-likeness (QED) is 0.561. The molecule has 0 spiro atoms. The number of nitrogens with one attached hydrogen (secondary N) is 2. The lowest BCUT2D eigenvalue weighted by molar-refractivity contribution is -0.125. The highest BCUT2D eigenvalue weighted by molar-refractivity contribution is 6.31. The van der Waals surface area contributed by atoms with E-state index in [1.807, 2.05) is 18.2 Å². The number of benzene rings is 2. The number of halogens is 1. The van der Waals surface area contributed by atoms with Gasteiger partial charge in [0.15, 0.2) is 6.61 Å². The molecule has 0 unspecified atom stereocenters. The molecule has 0 fully saturated rings. The molecule has 0 aliphatic rings. The second-order valence-corrected chi connectivity index (χ2v) is 5.53. The summed E-state index contributed by atoms with van der Waals surface area (Å²) in [6.07, 6.45) is 1.67. The summed E-state index contributed by atoms with van der Waals surface area (Å²) in [6.45, 7) is 0.220. The highest BCUT2D eigenvalue weighted by Crippen LogP contribution is 2.09. The van der Waals surface area contributed by atoms with Gasteiger partial charge in [-0.2, -0.15) is 0 Å². The molecule has 0 aromatic heterocycles. The minimum absolute atomic E-state index is 0.254. The van der Waals surface area contributed by atoms with Crippen molar-refractivity contribution in [1.29, 1.82) is 0 Å². The summed E-state index contributed by atoms with van der Waals surface area (Å²) in [5.74, 6) is -0.746. The number of carbonyl (C=O) groups is 2. The van der Waals surface area contributed by atoms with Gasteiger partial charge < -0.3 is 15.5 Å². The molecule has 2 aromatic rings. The monoisotopic (exact) mass is 359 g/mol. The molecule has 0 bridgehead atoms. The number of amides is 2. The predicted octanol–water partition coefficient (Wildman–Crippen LogP) is 2.64. The molecule has 25 heavy (non-hydrogen) atoms. The van der Waals surface area contributed by atoms with E-state index in [2.05, 4.69) is 15.8 Å². The maximum atomic E-state index is 11.6. The van der Waals surface area contributed by atoms with Gasteiger partial charge in [-0.15, -0.1) is 0 Å². The van der Waals surface area contributed by atoms with Gasteiger partial charge >= 0.3 is 0 Å². The van der Waals surface area contributed by atoms with E-state index in [1.54, 1.807) is 36.4 Å². The summed E-state index contributed by atoms with van der Waals surface area (Å²) in [4.78, 5) is 28.0. The van der Waals surface area contributed by atoms with Crippen molar-refractivity contribution >= 4 is 35.3 Å². The SMILES string of the molecule is O=C(/C=N\OCC(=O)NCCc1ccc(Cl)cc1)Nc1ccccc1. The molecular formula is C18H18ClN3O3. The molecule has 2 aromatic carbocycles. The average Bonchev–Trinajstić information content (AvgIpc) is 2.61. The molecular weight excluding hydrogens is 342 g/mol. The Kier molecular flexibility index (Phi) is 7.46. The van der Waals surface area contributed by atoms with Gasteiger partial charge in [0.05, 0.1) is 0 Å². The van der Waals surface area contributed by atoms with Gasteiger partial charge in [0.2, 0.25) is 0 Å². The van der Waals surface area contributed by atoms with Crippen molar-refractivity contribution in [2.24, 2.45) is 5.16 Å². The number of rotatable bonds is 8. The maximum Gasteiger partial charge on any atom is 0.270 e. The minimum atomic E-state index is -0.436. The summed E-state index contributed by atoms with van der Waals surface area (Å²) in [7, 11) is 0. The van der Waals surface area contributed by atoms with E-state index in [0.29, 0.717) is 23.7 Å². The van der Waals surface area contributed by atoms with Gasteiger partial charge in [0, 0.05) is 17.3 Å². The Labute approximate surface area is 150 Å². The van der Waals surface area contributed by atoms with Gasteiger partial charge in [-0.1, -0.05) is 47.1 Å². The highest BCUT2D eigenvalue weighted by atomic mass is 35.5. The maximum absolute atomic E-state index is 11.6. The van der Waals surface area contributed by atoms with Crippen molar-refractivity contribution in [2.45, 2.75) is 6.42 Å². The fraction of sp³-hybridized carbons (Fsp3) is 0.167. The second kappa shape index (κ2) is 10.1. The molecule has 0 aliphatic heterocycles.